The molecule has 4 heteroatoms. The van der Waals surface area contributed by atoms with Crippen LogP contribution in [0.15, 0.2) is 23.3 Å². The van der Waals surface area contributed by atoms with E-state index in [1.807, 2.05) is 6.07 Å². The fraction of sp³-hybridized carbons (Fsp3) is 0.467. The summed E-state index contributed by atoms with van der Waals surface area (Å²) in [7, 11) is 0. The summed E-state index contributed by atoms with van der Waals surface area (Å²) in [6.07, 6.45) is 1.96. The van der Waals surface area contributed by atoms with Crippen LogP contribution >= 0.6 is 0 Å². The number of nitrogens with one attached hydrogen (secondary N) is 1. The van der Waals surface area contributed by atoms with Gasteiger partial charge >= 0.3 is 6.03 Å². The second kappa shape index (κ2) is 5.43. The number of urea groups is 1. The van der Waals surface area contributed by atoms with E-state index < -0.39 is 6.03 Å². The quantitative estimate of drug-likeness (QED) is 0.788. The third-order valence-corrected chi connectivity index (χ3v) is 3.89. The van der Waals surface area contributed by atoms with E-state index in [1.165, 1.54) is 11.1 Å². The molecule has 1 aromatic rings. The van der Waals surface area contributed by atoms with E-state index in [0.29, 0.717) is 11.8 Å². The van der Waals surface area contributed by atoms with E-state index in [4.69, 9.17) is 5.73 Å². The highest BCUT2D eigenvalue weighted by molar-refractivity contribution is 6.03. The maximum absolute atomic E-state index is 10.8. The van der Waals surface area contributed by atoms with E-state index in [9.17, 15) is 4.79 Å². The topological polar surface area (TPSA) is 67.5 Å². The first kappa shape index (κ1) is 13.6. The predicted molar refractivity (Wildman–Crippen MR) is 77.1 cm³/mol. The molecule has 3 N–H and O–H groups in total. The van der Waals surface area contributed by atoms with Crippen LogP contribution in [0.4, 0.5) is 4.79 Å². The first-order valence-electron chi connectivity index (χ1n) is 6.70. The highest BCUT2D eigenvalue weighted by Gasteiger charge is 2.26. The van der Waals surface area contributed by atoms with Crippen LogP contribution < -0.4 is 11.2 Å². The fourth-order valence-corrected chi connectivity index (χ4v) is 2.64. The maximum atomic E-state index is 10.8. The molecule has 1 unspecified atom stereocenters. The van der Waals surface area contributed by atoms with Crippen molar-refractivity contribution in [3.8, 4) is 0 Å². The number of fused-ring (bicyclic) bond motifs is 1. The fourth-order valence-electron chi connectivity index (χ4n) is 2.64. The van der Waals surface area contributed by atoms with E-state index >= 15 is 0 Å². The Hall–Kier alpha value is -1.84. The molecule has 1 aliphatic rings. The molecule has 0 aromatic heterocycles. The van der Waals surface area contributed by atoms with Gasteiger partial charge in [-0.2, -0.15) is 5.10 Å². The van der Waals surface area contributed by atoms with Crippen LogP contribution in [-0.4, -0.2) is 11.7 Å². The lowest BCUT2D eigenvalue weighted by molar-refractivity contribution is 0.249. The number of nitrogens with zero attached hydrogens (tertiary/aromatic N) is 1. The summed E-state index contributed by atoms with van der Waals surface area (Å²) in [6.45, 7) is 6.58. The molecule has 0 bridgehead atoms. The average molecular weight is 259 g/mol. The molecular weight excluding hydrogens is 238 g/mol. The number of nitrogens with two attached hydrogens (primary N) is 1. The van der Waals surface area contributed by atoms with Crippen molar-refractivity contribution in [2.24, 2.45) is 22.7 Å². The first-order valence-corrected chi connectivity index (χ1v) is 6.70. The van der Waals surface area contributed by atoms with Gasteiger partial charge in [-0.25, -0.2) is 10.2 Å². The van der Waals surface area contributed by atoms with Crippen molar-refractivity contribution < 1.29 is 4.79 Å². The molecule has 1 atom stereocenters. The molecule has 0 saturated heterocycles. The summed E-state index contributed by atoms with van der Waals surface area (Å²) in [4.78, 5) is 10.8. The molecule has 102 valence electrons. The normalized spacial score (nSPS) is 20.4. The van der Waals surface area contributed by atoms with E-state index in [2.05, 4.69) is 43.4 Å². The van der Waals surface area contributed by atoms with Crippen molar-refractivity contribution in [2.45, 2.75) is 33.6 Å². The van der Waals surface area contributed by atoms with Gasteiger partial charge in [0.15, 0.2) is 0 Å². The summed E-state index contributed by atoms with van der Waals surface area (Å²) < 4.78 is 0. The zero-order valence-electron chi connectivity index (χ0n) is 11.7. The minimum absolute atomic E-state index is 0.557. The monoisotopic (exact) mass is 259 g/mol. The number of rotatable bonds is 2. The lowest BCUT2D eigenvalue weighted by Gasteiger charge is -2.29. The Kier molecular flexibility index (Phi) is 3.88. The molecule has 0 spiro atoms. The molecule has 0 radical (unpaired) electrons. The number of hydrazone groups is 1. The molecule has 0 fully saturated rings. The van der Waals surface area contributed by atoms with Gasteiger partial charge in [-0.05, 0) is 42.7 Å². The van der Waals surface area contributed by atoms with Crippen LogP contribution in [-0.2, 0) is 6.42 Å². The molecular formula is C15H21N3O. The first-order chi connectivity index (χ1) is 8.99. The van der Waals surface area contributed by atoms with Crippen LogP contribution in [0.5, 0.6) is 0 Å². The van der Waals surface area contributed by atoms with Gasteiger partial charge in [0, 0.05) is 5.56 Å². The van der Waals surface area contributed by atoms with E-state index in [0.717, 1.165) is 24.1 Å². The number of hydrogen-bond donors (Lipinski definition) is 2. The van der Waals surface area contributed by atoms with Crippen molar-refractivity contribution in [1.82, 2.24) is 5.43 Å². The number of aryl methyl sites for hydroxylation is 1. The predicted octanol–water partition coefficient (Wildman–Crippen LogP) is 2.59. The highest BCUT2D eigenvalue weighted by atomic mass is 16.2. The van der Waals surface area contributed by atoms with Crippen LogP contribution in [0.25, 0.3) is 0 Å². The van der Waals surface area contributed by atoms with Crippen LogP contribution in [0.2, 0.25) is 0 Å². The van der Waals surface area contributed by atoms with Crippen molar-refractivity contribution >= 4 is 11.7 Å². The zero-order valence-corrected chi connectivity index (χ0v) is 11.7. The smallest absolute Gasteiger partial charge is 0.332 e. The molecule has 4 nitrogen and oxygen atoms in total. The van der Waals surface area contributed by atoms with Crippen molar-refractivity contribution in [1.29, 1.82) is 0 Å². The molecule has 0 heterocycles. The van der Waals surface area contributed by atoms with Gasteiger partial charge in [0.2, 0.25) is 0 Å². The van der Waals surface area contributed by atoms with Crippen molar-refractivity contribution in [2.75, 3.05) is 0 Å². The van der Waals surface area contributed by atoms with Gasteiger partial charge in [-0.15, -0.1) is 0 Å². The highest BCUT2D eigenvalue weighted by Crippen LogP contribution is 2.32. The van der Waals surface area contributed by atoms with Crippen molar-refractivity contribution in [3.05, 3.63) is 34.9 Å². The molecule has 2 amide bonds. The average Bonchev–Trinajstić information content (AvgIpc) is 2.36. The molecule has 1 aromatic carbocycles. The molecule has 2 rings (SSSR count). The largest absolute Gasteiger partial charge is 0.350 e. The number of carbonyl (C=O) groups is 1. The van der Waals surface area contributed by atoms with Gasteiger partial charge in [0.05, 0.1) is 5.71 Å². The standard InChI is InChI=1S/C15H21N3O/c1-9(2)11-7-13-10(3)5-4-6-12(13)14(8-11)17-18-15(16)19/h4-6,9,11H,7-8H2,1-3H3,(H3,16,18,19)/b17-14+. The molecule has 0 saturated carbocycles. The number of amides is 2. The van der Waals surface area contributed by atoms with Crippen molar-refractivity contribution in [3.63, 3.8) is 0 Å². The maximum Gasteiger partial charge on any atom is 0.332 e. The van der Waals surface area contributed by atoms with Gasteiger partial charge in [0.1, 0.15) is 0 Å². The number of benzene rings is 1. The Morgan fingerprint density at radius 1 is 1.42 bits per heavy atom. The minimum atomic E-state index is -0.617. The van der Waals surface area contributed by atoms with Crippen LogP contribution in [0.3, 0.4) is 0 Å². The lowest BCUT2D eigenvalue weighted by Crippen LogP contribution is -2.30. The molecule has 19 heavy (non-hydrogen) atoms. The Labute approximate surface area is 114 Å². The number of primary amides is 1. The minimum Gasteiger partial charge on any atom is -0.350 e. The Bertz CT molecular complexity index is 520. The lowest BCUT2D eigenvalue weighted by atomic mass is 9.76. The molecule has 1 aliphatic carbocycles. The second-order valence-corrected chi connectivity index (χ2v) is 5.55. The Morgan fingerprint density at radius 3 is 2.79 bits per heavy atom. The van der Waals surface area contributed by atoms with Crippen LogP contribution in [0, 0.1) is 18.8 Å². The summed E-state index contributed by atoms with van der Waals surface area (Å²) in [5, 5.41) is 4.19. The van der Waals surface area contributed by atoms with Gasteiger partial charge in [0.25, 0.3) is 0 Å². The van der Waals surface area contributed by atoms with Gasteiger partial charge in [-0.1, -0.05) is 32.0 Å². The molecule has 0 aliphatic heterocycles. The van der Waals surface area contributed by atoms with Crippen LogP contribution in [0.1, 0.15) is 37.0 Å². The summed E-state index contributed by atoms with van der Waals surface area (Å²) in [5.41, 5.74) is 12.2. The second-order valence-electron chi connectivity index (χ2n) is 5.55. The summed E-state index contributed by atoms with van der Waals surface area (Å²) in [5.74, 6) is 1.15. The summed E-state index contributed by atoms with van der Waals surface area (Å²) in [6, 6.07) is 5.61. The van der Waals surface area contributed by atoms with Gasteiger partial charge < -0.3 is 5.73 Å². The third kappa shape index (κ3) is 2.95. The van der Waals surface area contributed by atoms with E-state index in [-0.39, 0.29) is 0 Å². The number of carbonyl (C=O) groups excluding carboxylic acids is 1. The number of hydrogen-bond acceptors (Lipinski definition) is 2. The van der Waals surface area contributed by atoms with Gasteiger partial charge in [-0.3, -0.25) is 0 Å². The third-order valence-electron chi connectivity index (χ3n) is 3.89. The summed E-state index contributed by atoms with van der Waals surface area (Å²) >= 11 is 0. The Balaban J connectivity index is 2.41. The zero-order chi connectivity index (χ0) is 14.0. The Morgan fingerprint density at radius 2 is 2.16 bits per heavy atom. The van der Waals surface area contributed by atoms with E-state index in [1.54, 1.807) is 0 Å². The SMILES string of the molecule is Cc1cccc2c1CC(C(C)C)C/C2=N\NC(N)=O.